The maximum Gasteiger partial charge on any atom is 0.437 e. The molecule has 10 heteroatoms. The number of nitrogens with zero attached hydrogens (tertiary/aromatic N) is 6. The Labute approximate surface area is 163 Å². The van der Waals surface area contributed by atoms with E-state index in [4.69, 9.17) is 16.0 Å². The largest absolute Gasteiger partial charge is 0.437 e. The van der Waals surface area contributed by atoms with E-state index < -0.39 is 5.76 Å². The van der Waals surface area contributed by atoms with E-state index in [0.717, 1.165) is 5.56 Å². The summed E-state index contributed by atoms with van der Waals surface area (Å²) >= 11 is 5.91. The van der Waals surface area contributed by atoms with Crippen LogP contribution in [0.3, 0.4) is 0 Å². The van der Waals surface area contributed by atoms with Gasteiger partial charge in [-0.3, -0.25) is 9.36 Å². The Morgan fingerprint density at radius 1 is 1.14 bits per heavy atom. The van der Waals surface area contributed by atoms with Gasteiger partial charge in [-0.15, -0.1) is 5.10 Å². The van der Waals surface area contributed by atoms with Crippen LogP contribution in [0.25, 0.3) is 11.2 Å². The number of aromatic nitrogens is 6. The zero-order chi connectivity index (χ0) is 19.8. The second-order valence-electron chi connectivity index (χ2n) is 6.60. The number of imidazole rings is 1. The molecular weight excluding hydrogens is 384 g/mol. The number of aryl methyl sites for hydroxylation is 1. The van der Waals surface area contributed by atoms with Crippen LogP contribution in [0.2, 0.25) is 5.02 Å². The monoisotopic (exact) mass is 400 g/mol. The zero-order valence-corrected chi connectivity index (χ0v) is 16.0. The fourth-order valence-electron chi connectivity index (χ4n) is 3.01. The molecule has 0 spiro atoms. The molecule has 28 heavy (non-hydrogen) atoms. The zero-order valence-electron chi connectivity index (χ0n) is 15.2. The molecule has 1 aromatic carbocycles. The molecule has 0 saturated carbocycles. The maximum absolute atomic E-state index is 12.6. The summed E-state index contributed by atoms with van der Waals surface area (Å²) in [6.07, 6.45) is 2.89. The second kappa shape index (κ2) is 7.08. The van der Waals surface area contributed by atoms with E-state index in [2.05, 4.69) is 15.1 Å². The van der Waals surface area contributed by atoms with Crippen LogP contribution in [0.5, 0.6) is 0 Å². The quantitative estimate of drug-likeness (QED) is 0.506. The molecule has 0 radical (unpaired) electrons. The molecule has 3 aromatic heterocycles. The van der Waals surface area contributed by atoms with Crippen molar-refractivity contribution in [2.75, 3.05) is 0 Å². The molecule has 3 heterocycles. The first-order valence-corrected chi connectivity index (χ1v) is 8.99. The summed E-state index contributed by atoms with van der Waals surface area (Å²) in [6, 6.07) is 7.43. The third kappa shape index (κ3) is 3.36. The molecule has 0 amide bonds. The van der Waals surface area contributed by atoms with Crippen LogP contribution in [0.15, 0.2) is 50.9 Å². The molecule has 0 aliphatic rings. The SMILES string of the molecule is C[C@@H](Cn1nc(Cn2cnc3ncn(C)c3c2=O)oc1=O)c1ccc(Cl)cc1. The van der Waals surface area contributed by atoms with Crippen molar-refractivity contribution in [1.29, 1.82) is 0 Å². The number of hydrogen-bond acceptors (Lipinski definition) is 6. The van der Waals surface area contributed by atoms with E-state index >= 15 is 0 Å². The molecule has 4 rings (SSSR count). The van der Waals surface area contributed by atoms with Crippen LogP contribution in [0, 0.1) is 0 Å². The molecule has 0 aliphatic carbocycles. The van der Waals surface area contributed by atoms with E-state index in [9.17, 15) is 9.59 Å². The van der Waals surface area contributed by atoms with Crippen LogP contribution in [-0.2, 0) is 20.1 Å². The Kier molecular flexibility index (Phi) is 4.60. The summed E-state index contributed by atoms with van der Waals surface area (Å²) in [7, 11) is 1.72. The summed E-state index contributed by atoms with van der Waals surface area (Å²) in [5, 5.41) is 4.87. The molecule has 0 unspecified atom stereocenters. The Hall–Kier alpha value is -3.20. The summed E-state index contributed by atoms with van der Waals surface area (Å²) < 4.78 is 9.41. The molecular formula is C18H17ClN6O3. The van der Waals surface area contributed by atoms with Gasteiger partial charge in [-0.1, -0.05) is 30.7 Å². The first-order valence-electron chi connectivity index (χ1n) is 8.61. The number of benzene rings is 1. The summed E-state index contributed by atoms with van der Waals surface area (Å²) in [6.45, 7) is 2.33. The lowest BCUT2D eigenvalue weighted by Crippen LogP contribution is -2.23. The van der Waals surface area contributed by atoms with Gasteiger partial charge in [0.15, 0.2) is 11.2 Å². The van der Waals surface area contributed by atoms with Crippen LogP contribution < -0.4 is 11.3 Å². The van der Waals surface area contributed by atoms with Crippen molar-refractivity contribution in [3.05, 3.63) is 74.3 Å². The highest BCUT2D eigenvalue weighted by molar-refractivity contribution is 6.30. The summed E-state index contributed by atoms with van der Waals surface area (Å²) in [5.74, 6) is -0.403. The van der Waals surface area contributed by atoms with Gasteiger partial charge < -0.3 is 8.98 Å². The van der Waals surface area contributed by atoms with Gasteiger partial charge in [-0.2, -0.15) is 4.68 Å². The van der Waals surface area contributed by atoms with Crippen molar-refractivity contribution in [3.63, 3.8) is 0 Å². The number of hydrogen-bond donors (Lipinski definition) is 0. The Bertz CT molecular complexity index is 1250. The number of rotatable bonds is 5. The van der Waals surface area contributed by atoms with Gasteiger partial charge in [-0.25, -0.2) is 14.8 Å². The summed E-state index contributed by atoms with van der Waals surface area (Å²) in [5.41, 5.74) is 1.49. The fraction of sp³-hybridized carbons (Fsp3) is 0.278. The third-order valence-corrected chi connectivity index (χ3v) is 4.79. The van der Waals surface area contributed by atoms with Crippen LogP contribution >= 0.6 is 11.6 Å². The highest BCUT2D eigenvalue weighted by Crippen LogP contribution is 2.19. The van der Waals surface area contributed by atoms with Gasteiger partial charge in [0.25, 0.3) is 5.56 Å². The van der Waals surface area contributed by atoms with Crippen LogP contribution in [-0.4, -0.2) is 28.9 Å². The smallest absolute Gasteiger partial charge is 0.390 e. The molecule has 4 aromatic rings. The van der Waals surface area contributed by atoms with Gasteiger partial charge in [-0.05, 0) is 17.7 Å². The van der Waals surface area contributed by atoms with E-state index in [1.807, 2.05) is 19.1 Å². The Balaban J connectivity index is 1.57. The molecule has 1 atom stereocenters. The lowest BCUT2D eigenvalue weighted by atomic mass is 10.0. The number of halogens is 1. The molecule has 0 fully saturated rings. The first-order chi connectivity index (χ1) is 13.4. The second-order valence-corrected chi connectivity index (χ2v) is 7.04. The van der Waals surface area contributed by atoms with E-state index in [1.165, 1.54) is 21.9 Å². The lowest BCUT2D eigenvalue weighted by Gasteiger charge is -2.10. The minimum Gasteiger partial charge on any atom is -0.390 e. The van der Waals surface area contributed by atoms with Crippen LogP contribution in [0.1, 0.15) is 24.3 Å². The predicted octanol–water partition coefficient (Wildman–Crippen LogP) is 1.79. The third-order valence-electron chi connectivity index (χ3n) is 4.54. The van der Waals surface area contributed by atoms with Gasteiger partial charge in [0, 0.05) is 18.0 Å². The van der Waals surface area contributed by atoms with Crippen molar-refractivity contribution < 1.29 is 4.42 Å². The van der Waals surface area contributed by atoms with Gasteiger partial charge in [0.05, 0.1) is 12.9 Å². The van der Waals surface area contributed by atoms with E-state index in [1.54, 1.807) is 23.7 Å². The normalized spacial score (nSPS) is 12.5. The van der Waals surface area contributed by atoms with Crippen molar-refractivity contribution in [2.45, 2.75) is 25.9 Å². The first kappa shape index (κ1) is 18.2. The molecule has 144 valence electrons. The Morgan fingerprint density at radius 2 is 1.86 bits per heavy atom. The minimum absolute atomic E-state index is 0.00448. The molecule has 0 saturated heterocycles. The van der Waals surface area contributed by atoms with Gasteiger partial charge in [0.1, 0.15) is 12.9 Å². The standard InChI is InChI=1S/C18H17ClN6O3/c1-11(12-3-5-13(19)6-4-12)7-25-18(27)28-14(22-25)8-24-10-21-16-15(17(24)26)23(2)9-20-16/h3-6,9-11H,7-8H2,1-2H3/t11-/m0/s1. The van der Waals surface area contributed by atoms with E-state index in [-0.39, 0.29) is 23.9 Å². The predicted molar refractivity (Wildman–Crippen MR) is 103 cm³/mol. The average molecular weight is 401 g/mol. The van der Waals surface area contributed by atoms with Crippen molar-refractivity contribution in [2.24, 2.45) is 7.05 Å². The topological polar surface area (TPSA) is 101 Å². The van der Waals surface area contributed by atoms with Gasteiger partial charge in [0.2, 0.25) is 5.89 Å². The van der Waals surface area contributed by atoms with E-state index in [0.29, 0.717) is 22.7 Å². The molecule has 0 N–H and O–H groups in total. The highest BCUT2D eigenvalue weighted by Gasteiger charge is 2.15. The fourth-order valence-corrected chi connectivity index (χ4v) is 3.14. The van der Waals surface area contributed by atoms with Gasteiger partial charge >= 0.3 is 5.76 Å². The molecule has 9 nitrogen and oxygen atoms in total. The average Bonchev–Trinajstić information content (AvgIpc) is 3.21. The van der Waals surface area contributed by atoms with Crippen LogP contribution in [0.4, 0.5) is 0 Å². The van der Waals surface area contributed by atoms with Crippen molar-refractivity contribution in [1.82, 2.24) is 28.9 Å². The molecule has 0 bridgehead atoms. The minimum atomic E-state index is -0.571. The van der Waals surface area contributed by atoms with Crippen molar-refractivity contribution in [3.8, 4) is 0 Å². The van der Waals surface area contributed by atoms with Crippen molar-refractivity contribution >= 4 is 22.8 Å². The maximum atomic E-state index is 12.6. The molecule has 0 aliphatic heterocycles. The highest BCUT2D eigenvalue weighted by atomic mass is 35.5. The Morgan fingerprint density at radius 3 is 2.61 bits per heavy atom. The lowest BCUT2D eigenvalue weighted by molar-refractivity contribution is 0.428. The summed E-state index contributed by atoms with van der Waals surface area (Å²) in [4.78, 5) is 32.9. The number of fused-ring (bicyclic) bond motifs is 1.